The van der Waals surface area contributed by atoms with Gasteiger partial charge in [0.25, 0.3) is 0 Å². The fraction of sp³-hybridized carbons (Fsp3) is 0.333. The van der Waals surface area contributed by atoms with E-state index in [1.165, 1.54) is 17.6 Å². The smallest absolute Gasteiger partial charge is 0.455 e. The third-order valence-corrected chi connectivity index (χ3v) is 10.1. The van der Waals surface area contributed by atoms with Crippen LogP contribution < -0.4 is 14.4 Å². The number of benzene rings is 3. The number of carbonyl (C=O) groups is 2. The number of phenolic OH excluding ortho intramolecular Hbond substituents is 1. The zero-order valence-electron chi connectivity index (χ0n) is 25.9. The van der Waals surface area contributed by atoms with Crippen LogP contribution in [0.1, 0.15) is 38.2 Å². The second kappa shape index (κ2) is 14.0. The summed E-state index contributed by atoms with van der Waals surface area (Å²) < 4.78 is 18.5. The van der Waals surface area contributed by atoms with Crippen LogP contribution in [0.2, 0.25) is 6.32 Å². The van der Waals surface area contributed by atoms with Crippen LogP contribution in [0.25, 0.3) is 6.08 Å². The van der Waals surface area contributed by atoms with Crippen LogP contribution in [0.3, 0.4) is 0 Å². The van der Waals surface area contributed by atoms with Gasteiger partial charge in [-0.15, -0.1) is 0 Å². The van der Waals surface area contributed by atoms with E-state index >= 15 is 0 Å². The average Bonchev–Trinajstić information content (AvgIpc) is 3.32. The largest absolute Gasteiger partial charge is 0.504 e. The van der Waals surface area contributed by atoms with Gasteiger partial charge in [-0.05, 0) is 114 Å². The van der Waals surface area contributed by atoms with Crippen molar-refractivity contribution in [2.75, 3.05) is 18.6 Å². The standard InChI is InChI=1S/C36H37BINO7/c1-3-22(16-23-17-29(38)34(40)31(18-23)44-2)14-15-30-32-24(21-45-26-12-8-5-9-13-26)19-27-33(28(32)20-37(43)46-30)36(42)39(35(27)41)25-10-6-4-7-11-25/h4-13,16-18,27-28,30,33,40,43H,3,14-15,19-21H2,1-2H3/b22-16+/t27-,28+,30-,33-/m1/s1. The Morgan fingerprint density at radius 3 is 2.48 bits per heavy atom. The van der Waals surface area contributed by atoms with Crippen LogP contribution in [0.4, 0.5) is 5.69 Å². The number of nitrogens with zero attached hydrogens (tertiary/aromatic N) is 1. The lowest BCUT2D eigenvalue weighted by molar-refractivity contribution is -0.122. The summed E-state index contributed by atoms with van der Waals surface area (Å²) in [6.45, 7) is 2.36. The molecule has 0 bridgehead atoms. The average molecular weight is 733 g/mol. The number of rotatable bonds is 10. The number of para-hydroxylation sites is 2. The zero-order chi connectivity index (χ0) is 32.4. The highest BCUT2D eigenvalue weighted by molar-refractivity contribution is 14.1. The Bertz CT molecular complexity index is 1660. The fourth-order valence-electron chi connectivity index (χ4n) is 7.15. The molecule has 0 spiro atoms. The lowest BCUT2D eigenvalue weighted by Gasteiger charge is -2.43. The molecular formula is C36H37BINO7. The number of amides is 2. The van der Waals surface area contributed by atoms with Gasteiger partial charge in [-0.3, -0.25) is 14.5 Å². The molecule has 1 aliphatic carbocycles. The number of hydrogen-bond acceptors (Lipinski definition) is 7. The fourth-order valence-corrected chi connectivity index (χ4v) is 7.78. The number of aromatic hydroxyl groups is 1. The highest BCUT2D eigenvalue weighted by Crippen LogP contribution is 2.51. The summed E-state index contributed by atoms with van der Waals surface area (Å²) in [5, 5.41) is 21.3. The molecule has 0 aromatic heterocycles. The molecule has 0 radical (unpaired) electrons. The summed E-state index contributed by atoms with van der Waals surface area (Å²) in [6.07, 6.45) is 4.37. The number of hydrogen-bond donors (Lipinski definition) is 2. The molecule has 2 amide bonds. The molecule has 4 atom stereocenters. The van der Waals surface area contributed by atoms with Crippen LogP contribution in [-0.2, 0) is 14.2 Å². The molecular weight excluding hydrogens is 696 g/mol. The number of anilines is 1. The van der Waals surface area contributed by atoms with Crippen LogP contribution >= 0.6 is 22.6 Å². The summed E-state index contributed by atoms with van der Waals surface area (Å²) in [6, 6.07) is 22.3. The molecule has 6 rings (SSSR count). The predicted molar refractivity (Wildman–Crippen MR) is 186 cm³/mol. The Hall–Kier alpha value is -3.61. The number of halogens is 1. The van der Waals surface area contributed by atoms with E-state index in [1.54, 1.807) is 12.1 Å². The van der Waals surface area contributed by atoms with E-state index in [2.05, 4.69) is 35.6 Å². The van der Waals surface area contributed by atoms with Gasteiger partial charge in [0.15, 0.2) is 11.5 Å². The van der Waals surface area contributed by atoms with Gasteiger partial charge in [0.1, 0.15) is 12.4 Å². The third-order valence-electron chi connectivity index (χ3n) is 9.30. The first kappa shape index (κ1) is 32.3. The molecule has 2 heterocycles. The van der Waals surface area contributed by atoms with Crippen molar-refractivity contribution in [2.45, 2.75) is 45.0 Å². The molecule has 46 heavy (non-hydrogen) atoms. The Morgan fingerprint density at radius 1 is 1.07 bits per heavy atom. The molecule has 8 nitrogen and oxygen atoms in total. The predicted octanol–water partition coefficient (Wildman–Crippen LogP) is 6.66. The van der Waals surface area contributed by atoms with E-state index in [0.717, 1.165) is 28.9 Å². The van der Waals surface area contributed by atoms with Gasteiger partial charge in [0.05, 0.1) is 34.3 Å². The highest BCUT2D eigenvalue weighted by Gasteiger charge is 2.57. The maximum Gasteiger partial charge on any atom is 0.455 e. The minimum absolute atomic E-state index is 0.118. The molecule has 10 heteroatoms. The van der Waals surface area contributed by atoms with E-state index in [9.17, 15) is 19.7 Å². The summed E-state index contributed by atoms with van der Waals surface area (Å²) in [7, 11) is 0.476. The van der Waals surface area contributed by atoms with Crippen molar-refractivity contribution < 1.29 is 33.8 Å². The van der Waals surface area contributed by atoms with Crippen molar-refractivity contribution in [3.63, 3.8) is 0 Å². The summed E-state index contributed by atoms with van der Waals surface area (Å²) in [5.74, 6) is -0.610. The molecule has 3 aliphatic rings. The van der Waals surface area contributed by atoms with Gasteiger partial charge < -0.3 is 24.3 Å². The van der Waals surface area contributed by atoms with Crippen LogP contribution in [-0.4, -0.2) is 48.9 Å². The molecule has 2 saturated heterocycles. The molecule has 3 aromatic rings. The van der Waals surface area contributed by atoms with Crippen molar-refractivity contribution in [3.8, 4) is 17.2 Å². The molecule has 2 aliphatic heterocycles. The number of phenols is 1. The second-order valence-corrected chi connectivity index (χ2v) is 13.2. The minimum Gasteiger partial charge on any atom is -0.504 e. The van der Waals surface area contributed by atoms with E-state index in [1.807, 2.05) is 60.7 Å². The van der Waals surface area contributed by atoms with Gasteiger partial charge in [-0.2, -0.15) is 0 Å². The Kier molecular flexibility index (Phi) is 9.86. The zero-order valence-corrected chi connectivity index (χ0v) is 28.1. The Labute approximate surface area is 283 Å². The first-order valence-electron chi connectivity index (χ1n) is 15.7. The third kappa shape index (κ3) is 6.48. The number of methoxy groups -OCH3 is 1. The van der Waals surface area contributed by atoms with Crippen LogP contribution in [0.15, 0.2) is 89.5 Å². The van der Waals surface area contributed by atoms with E-state index in [-0.39, 0.29) is 36.4 Å². The number of carbonyl (C=O) groups excluding carboxylic acids is 2. The Morgan fingerprint density at radius 2 is 1.78 bits per heavy atom. The van der Waals surface area contributed by atoms with Crippen molar-refractivity contribution in [2.24, 2.45) is 17.8 Å². The quantitative estimate of drug-likeness (QED) is 0.104. The maximum atomic E-state index is 14.0. The van der Waals surface area contributed by atoms with Crippen molar-refractivity contribution >= 4 is 53.3 Å². The van der Waals surface area contributed by atoms with Crippen LogP contribution in [0, 0.1) is 21.3 Å². The highest BCUT2D eigenvalue weighted by atomic mass is 127. The summed E-state index contributed by atoms with van der Waals surface area (Å²) in [4.78, 5) is 29.2. The minimum atomic E-state index is -1.06. The van der Waals surface area contributed by atoms with Crippen molar-refractivity contribution in [1.29, 1.82) is 0 Å². The van der Waals surface area contributed by atoms with Gasteiger partial charge >= 0.3 is 7.12 Å². The molecule has 0 saturated carbocycles. The first-order valence-corrected chi connectivity index (χ1v) is 16.8. The molecule has 0 unspecified atom stereocenters. The van der Waals surface area contributed by atoms with Gasteiger partial charge in [0, 0.05) is 0 Å². The summed E-state index contributed by atoms with van der Waals surface area (Å²) in [5.41, 5.74) is 4.60. The lowest BCUT2D eigenvalue weighted by Crippen LogP contribution is -2.46. The van der Waals surface area contributed by atoms with E-state index < -0.39 is 25.1 Å². The topological polar surface area (TPSA) is 106 Å². The first-order chi connectivity index (χ1) is 22.3. The number of imide groups is 1. The number of ether oxygens (including phenoxy) is 2. The maximum absolute atomic E-state index is 14.0. The van der Waals surface area contributed by atoms with Gasteiger partial charge in [-0.25, -0.2) is 0 Å². The molecule has 2 N–H and O–H groups in total. The Balaban J connectivity index is 1.32. The van der Waals surface area contributed by atoms with Crippen LogP contribution in [0.5, 0.6) is 17.2 Å². The lowest BCUT2D eigenvalue weighted by atomic mass is 9.58. The van der Waals surface area contributed by atoms with E-state index in [4.69, 9.17) is 14.1 Å². The molecule has 3 aromatic carbocycles. The van der Waals surface area contributed by atoms with Gasteiger partial charge in [0.2, 0.25) is 11.8 Å². The molecule has 2 fully saturated rings. The van der Waals surface area contributed by atoms with Crippen molar-refractivity contribution in [3.05, 3.63) is 98.6 Å². The normalized spacial score (nSPS) is 23.0. The van der Waals surface area contributed by atoms with Crippen molar-refractivity contribution in [1.82, 2.24) is 0 Å². The second-order valence-electron chi connectivity index (χ2n) is 12.0. The molecule has 238 valence electrons. The SMILES string of the molecule is CC/C(=C\c1cc(I)c(O)c(OC)c1)CC[C@H]1OB(O)C[C@H]2C1=C(COc1ccccc1)C[C@H]1C(=O)N(c3ccccc3)C(=O)[C@H]12. The number of allylic oxidation sites excluding steroid dienone is 1. The van der Waals surface area contributed by atoms with Gasteiger partial charge in [-0.1, -0.05) is 55.0 Å². The van der Waals surface area contributed by atoms with E-state index in [0.29, 0.717) is 34.3 Å². The number of fused-ring (bicyclic) bond motifs is 3. The monoisotopic (exact) mass is 733 g/mol. The summed E-state index contributed by atoms with van der Waals surface area (Å²) >= 11 is 2.09.